The molecule has 3 atom stereocenters. The highest BCUT2D eigenvalue weighted by atomic mass is 16.5. The number of fused-ring (bicyclic) bond motifs is 4. The SMILES string of the molecule is COc1ccc([C@H]2c3c(C)c4ccccc4n3[C@@H](c3[nH]c4ccccc4c3C)[C@@H]2c2ccccc2)cc1. The van der Waals surface area contributed by atoms with Gasteiger partial charge >= 0.3 is 0 Å². The Morgan fingerprint density at radius 1 is 0.676 bits per heavy atom. The molecule has 1 aliphatic rings. The molecular weight excluding hydrogens is 452 g/mol. The Hall–Kier alpha value is -4.24. The predicted molar refractivity (Wildman–Crippen MR) is 152 cm³/mol. The van der Waals surface area contributed by atoms with Crippen LogP contribution in [-0.2, 0) is 0 Å². The molecule has 1 N–H and O–H groups in total. The molecule has 6 aromatic rings. The number of aryl methyl sites for hydroxylation is 2. The van der Waals surface area contributed by atoms with Crippen molar-refractivity contribution in [2.75, 3.05) is 7.11 Å². The molecule has 3 heterocycles. The van der Waals surface area contributed by atoms with E-state index in [1.807, 2.05) is 0 Å². The highest BCUT2D eigenvalue weighted by Crippen LogP contribution is 2.57. The summed E-state index contributed by atoms with van der Waals surface area (Å²) in [5.41, 5.74) is 10.6. The highest BCUT2D eigenvalue weighted by molar-refractivity contribution is 5.88. The molecule has 0 saturated heterocycles. The zero-order valence-electron chi connectivity index (χ0n) is 21.4. The summed E-state index contributed by atoms with van der Waals surface area (Å²) < 4.78 is 8.15. The average Bonchev–Trinajstić information content (AvgIpc) is 3.57. The second kappa shape index (κ2) is 8.41. The van der Waals surface area contributed by atoms with E-state index in [0.29, 0.717) is 0 Å². The molecule has 0 fully saturated rings. The summed E-state index contributed by atoms with van der Waals surface area (Å²) in [5.74, 6) is 1.33. The van der Waals surface area contributed by atoms with Crippen LogP contribution in [0.5, 0.6) is 5.75 Å². The second-order valence-electron chi connectivity index (χ2n) is 10.2. The first-order valence-corrected chi connectivity index (χ1v) is 13.0. The molecule has 3 heteroatoms. The fraction of sp³-hybridized carbons (Fsp3) is 0.176. The highest BCUT2D eigenvalue weighted by Gasteiger charge is 2.46. The van der Waals surface area contributed by atoms with Crippen molar-refractivity contribution in [2.24, 2.45) is 0 Å². The maximum atomic E-state index is 5.51. The van der Waals surface area contributed by atoms with Crippen LogP contribution in [-0.4, -0.2) is 16.7 Å². The van der Waals surface area contributed by atoms with Gasteiger partial charge in [-0.1, -0.05) is 78.9 Å². The Kier molecular flexibility index (Phi) is 5.00. The van der Waals surface area contributed by atoms with Crippen LogP contribution in [0.1, 0.15) is 51.5 Å². The number of nitrogens with zero attached hydrogens (tertiary/aromatic N) is 1. The van der Waals surface area contributed by atoms with Crippen LogP contribution in [0.25, 0.3) is 21.8 Å². The molecule has 0 saturated carbocycles. The number of para-hydroxylation sites is 2. The molecule has 7 rings (SSSR count). The summed E-state index contributed by atoms with van der Waals surface area (Å²) in [6, 6.07) is 37.5. The normalized spacial score (nSPS) is 18.9. The average molecular weight is 483 g/mol. The molecule has 0 radical (unpaired) electrons. The van der Waals surface area contributed by atoms with E-state index in [1.165, 1.54) is 55.4 Å². The Morgan fingerprint density at radius 3 is 2.08 bits per heavy atom. The number of ether oxygens (including phenoxy) is 1. The van der Waals surface area contributed by atoms with Crippen molar-refractivity contribution in [2.45, 2.75) is 31.7 Å². The lowest BCUT2D eigenvalue weighted by Gasteiger charge is -2.27. The van der Waals surface area contributed by atoms with Crippen molar-refractivity contribution in [1.29, 1.82) is 0 Å². The Bertz CT molecular complexity index is 1740. The van der Waals surface area contributed by atoms with E-state index in [-0.39, 0.29) is 17.9 Å². The summed E-state index contributed by atoms with van der Waals surface area (Å²) in [4.78, 5) is 3.87. The lowest BCUT2D eigenvalue weighted by Crippen LogP contribution is -2.17. The van der Waals surface area contributed by atoms with E-state index in [4.69, 9.17) is 4.74 Å². The van der Waals surface area contributed by atoms with E-state index in [2.05, 4.69) is 127 Å². The molecule has 182 valence electrons. The van der Waals surface area contributed by atoms with Gasteiger partial charge in [-0.05, 0) is 60.4 Å². The molecule has 37 heavy (non-hydrogen) atoms. The summed E-state index contributed by atoms with van der Waals surface area (Å²) >= 11 is 0. The maximum absolute atomic E-state index is 5.51. The van der Waals surface area contributed by atoms with Gasteiger partial charge < -0.3 is 14.3 Å². The number of hydrogen-bond acceptors (Lipinski definition) is 1. The first-order valence-electron chi connectivity index (χ1n) is 13.0. The third-order valence-electron chi connectivity index (χ3n) is 8.44. The van der Waals surface area contributed by atoms with Gasteiger partial charge in [-0.2, -0.15) is 0 Å². The van der Waals surface area contributed by atoms with Crippen molar-refractivity contribution < 1.29 is 4.74 Å². The maximum Gasteiger partial charge on any atom is 0.118 e. The largest absolute Gasteiger partial charge is 0.497 e. The molecule has 0 amide bonds. The van der Waals surface area contributed by atoms with Gasteiger partial charge in [0, 0.05) is 45.0 Å². The molecule has 2 aromatic heterocycles. The molecule has 0 unspecified atom stereocenters. The van der Waals surface area contributed by atoms with Crippen molar-refractivity contribution in [3.8, 4) is 5.75 Å². The third kappa shape index (κ3) is 3.20. The fourth-order valence-electron chi connectivity index (χ4n) is 6.78. The smallest absolute Gasteiger partial charge is 0.118 e. The van der Waals surface area contributed by atoms with Crippen molar-refractivity contribution in [3.05, 3.63) is 137 Å². The molecule has 4 aromatic carbocycles. The predicted octanol–water partition coefficient (Wildman–Crippen LogP) is 8.27. The Balaban J connectivity index is 1.57. The quantitative estimate of drug-likeness (QED) is 0.269. The van der Waals surface area contributed by atoms with Crippen LogP contribution < -0.4 is 4.74 Å². The number of aromatic nitrogens is 2. The lowest BCUT2D eigenvalue weighted by molar-refractivity contribution is 0.414. The zero-order valence-corrected chi connectivity index (χ0v) is 21.4. The van der Waals surface area contributed by atoms with Gasteiger partial charge in [0.05, 0.1) is 13.2 Å². The van der Waals surface area contributed by atoms with Crippen molar-refractivity contribution in [3.63, 3.8) is 0 Å². The molecular formula is C34H30N2O. The van der Waals surface area contributed by atoms with Gasteiger partial charge in [-0.3, -0.25) is 0 Å². The monoisotopic (exact) mass is 482 g/mol. The van der Waals surface area contributed by atoms with Crippen LogP contribution in [0.2, 0.25) is 0 Å². The number of rotatable bonds is 4. The van der Waals surface area contributed by atoms with Gasteiger partial charge in [0.1, 0.15) is 5.75 Å². The van der Waals surface area contributed by atoms with Crippen LogP contribution in [0.4, 0.5) is 0 Å². The van der Waals surface area contributed by atoms with E-state index >= 15 is 0 Å². The number of H-pyrrole nitrogens is 1. The Labute approximate surface area is 217 Å². The van der Waals surface area contributed by atoms with Crippen molar-refractivity contribution in [1.82, 2.24) is 9.55 Å². The summed E-state index contributed by atoms with van der Waals surface area (Å²) in [6.07, 6.45) is 0. The molecule has 0 spiro atoms. The van der Waals surface area contributed by atoms with Crippen LogP contribution in [0, 0.1) is 13.8 Å². The summed E-state index contributed by atoms with van der Waals surface area (Å²) in [5, 5.41) is 2.63. The van der Waals surface area contributed by atoms with Crippen molar-refractivity contribution >= 4 is 21.8 Å². The van der Waals surface area contributed by atoms with Crippen LogP contribution in [0.3, 0.4) is 0 Å². The summed E-state index contributed by atoms with van der Waals surface area (Å²) in [6.45, 7) is 4.57. The zero-order chi connectivity index (χ0) is 25.1. The molecule has 0 aliphatic carbocycles. The summed E-state index contributed by atoms with van der Waals surface area (Å²) in [7, 11) is 1.73. The number of benzene rings is 4. The minimum atomic E-state index is 0.135. The first-order chi connectivity index (χ1) is 18.2. The van der Waals surface area contributed by atoms with Gasteiger partial charge in [0.15, 0.2) is 0 Å². The molecule has 3 nitrogen and oxygen atoms in total. The second-order valence-corrected chi connectivity index (χ2v) is 10.2. The van der Waals surface area contributed by atoms with E-state index < -0.39 is 0 Å². The van der Waals surface area contributed by atoms with Crippen LogP contribution in [0.15, 0.2) is 103 Å². The molecule has 0 bridgehead atoms. The number of aromatic amines is 1. The van der Waals surface area contributed by atoms with E-state index in [0.717, 1.165) is 5.75 Å². The number of hydrogen-bond donors (Lipinski definition) is 1. The third-order valence-corrected chi connectivity index (χ3v) is 8.44. The minimum absolute atomic E-state index is 0.135. The number of nitrogens with one attached hydrogen (secondary N) is 1. The lowest BCUT2D eigenvalue weighted by atomic mass is 9.76. The fourth-order valence-corrected chi connectivity index (χ4v) is 6.78. The van der Waals surface area contributed by atoms with E-state index in [1.54, 1.807) is 7.11 Å². The topological polar surface area (TPSA) is 29.9 Å². The number of methoxy groups -OCH3 is 1. The standard InChI is InChI=1S/C34H30N2O/c1-21-26-13-7-9-15-28(26)35-32(21)34-31(23-11-5-4-6-12-23)30(24-17-19-25(37-3)20-18-24)33-22(2)27-14-8-10-16-29(27)36(33)34/h4-20,30-31,34-35H,1-3H3/t30-,31-,34-/m1/s1. The van der Waals surface area contributed by atoms with Gasteiger partial charge in [0.25, 0.3) is 0 Å². The minimum Gasteiger partial charge on any atom is -0.497 e. The molecule has 1 aliphatic heterocycles. The van der Waals surface area contributed by atoms with Gasteiger partial charge in [-0.15, -0.1) is 0 Å². The van der Waals surface area contributed by atoms with Crippen LogP contribution >= 0.6 is 0 Å². The van der Waals surface area contributed by atoms with E-state index in [9.17, 15) is 0 Å². The first kappa shape index (κ1) is 22.0. The Morgan fingerprint density at radius 2 is 1.35 bits per heavy atom. The van der Waals surface area contributed by atoms with Gasteiger partial charge in [-0.25, -0.2) is 0 Å². The van der Waals surface area contributed by atoms with Gasteiger partial charge in [0.2, 0.25) is 0 Å².